The van der Waals surface area contributed by atoms with Crippen molar-refractivity contribution in [2.24, 2.45) is 0 Å². The van der Waals surface area contributed by atoms with Gasteiger partial charge >= 0.3 is 6.09 Å². The van der Waals surface area contributed by atoms with E-state index in [1.807, 2.05) is 36.4 Å². The molecule has 0 spiro atoms. The van der Waals surface area contributed by atoms with Gasteiger partial charge in [-0.05, 0) is 46.4 Å². The molecule has 3 aromatic carbocycles. The van der Waals surface area contributed by atoms with Gasteiger partial charge in [0.2, 0.25) is 0 Å². The molecule has 0 saturated carbocycles. The predicted molar refractivity (Wildman–Crippen MR) is 132 cm³/mol. The minimum absolute atomic E-state index is 0.0323. The van der Waals surface area contributed by atoms with E-state index in [0.29, 0.717) is 35.6 Å². The third kappa shape index (κ3) is 4.81. The summed E-state index contributed by atoms with van der Waals surface area (Å²) in [5.74, 6) is 1.08. The van der Waals surface area contributed by atoms with Gasteiger partial charge in [0.15, 0.2) is 17.8 Å². The number of amides is 1. The van der Waals surface area contributed by atoms with Gasteiger partial charge in [0.1, 0.15) is 6.61 Å². The highest BCUT2D eigenvalue weighted by Crippen LogP contribution is 2.44. The zero-order valence-corrected chi connectivity index (χ0v) is 19.2. The van der Waals surface area contributed by atoms with Crippen LogP contribution in [-0.4, -0.2) is 39.8 Å². The summed E-state index contributed by atoms with van der Waals surface area (Å²) in [6, 6.07) is 19.9. The molecule has 34 heavy (non-hydrogen) atoms. The van der Waals surface area contributed by atoms with Crippen molar-refractivity contribution in [3.63, 3.8) is 0 Å². The zero-order chi connectivity index (χ0) is 23.9. The Kier molecular flexibility index (Phi) is 7.28. The maximum atomic E-state index is 12.3. The molecule has 0 atom stereocenters. The molecule has 0 aromatic heterocycles. The second kappa shape index (κ2) is 10.7. The molecular formula is C28H27NO5. The molecule has 0 aliphatic heterocycles. The first-order valence-electron chi connectivity index (χ1n) is 11.1. The van der Waals surface area contributed by atoms with E-state index in [1.165, 1.54) is 29.4 Å². The van der Waals surface area contributed by atoms with Crippen LogP contribution in [0.1, 0.15) is 39.4 Å². The Morgan fingerprint density at radius 3 is 2.09 bits per heavy atom. The Morgan fingerprint density at radius 1 is 0.912 bits per heavy atom. The van der Waals surface area contributed by atoms with Gasteiger partial charge in [-0.15, -0.1) is 0 Å². The molecular weight excluding hydrogens is 430 g/mol. The molecule has 4 rings (SSSR count). The fourth-order valence-electron chi connectivity index (χ4n) is 4.27. The van der Waals surface area contributed by atoms with Gasteiger partial charge in [-0.2, -0.15) is 0 Å². The lowest BCUT2D eigenvalue weighted by Crippen LogP contribution is -2.26. The molecule has 0 radical (unpaired) electrons. The standard InChI is InChI=1S/C28H27NO5/c1-32-26-15-19(20(17-30)16-27(26)33-2)9-7-8-14-29-28(31)34-18-25-23-12-5-3-10-21(23)22-11-4-6-13-24(22)25/h3-7,9-13,15-17,25H,8,14,18H2,1-2H3,(H,29,31). The molecule has 1 aliphatic rings. The number of benzene rings is 3. The number of hydrogen-bond acceptors (Lipinski definition) is 5. The molecule has 6 nitrogen and oxygen atoms in total. The smallest absolute Gasteiger partial charge is 0.407 e. The van der Waals surface area contributed by atoms with Gasteiger partial charge in [0, 0.05) is 18.0 Å². The minimum atomic E-state index is -0.449. The van der Waals surface area contributed by atoms with Crippen LogP contribution >= 0.6 is 0 Å². The molecule has 1 amide bonds. The summed E-state index contributed by atoms with van der Waals surface area (Å²) < 4.78 is 16.1. The number of methoxy groups -OCH3 is 2. The molecule has 3 aromatic rings. The quantitative estimate of drug-likeness (QED) is 0.341. The first-order valence-corrected chi connectivity index (χ1v) is 11.1. The Hall–Kier alpha value is -4.06. The minimum Gasteiger partial charge on any atom is -0.493 e. The molecule has 0 heterocycles. The van der Waals surface area contributed by atoms with Crippen molar-refractivity contribution in [2.45, 2.75) is 12.3 Å². The van der Waals surface area contributed by atoms with Crippen molar-refractivity contribution in [3.05, 3.63) is 89.0 Å². The molecule has 1 aliphatic carbocycles. The van der Waals surface area contributed by atoms with Crippen molar-refractivity contribution in [3.8, 4) is 22.6 Å². The van der Waals surface area contributed by atoms with E-state index < -0.39 is 6.09 Å². The number of ether oxygens (including phenoxy) is 3. The molecule has 174 valence electrons. The van der Waals surface area contributed by atoms with E-state index in [1.54, 1.807) is 19.2 Å². The molecule has 0 unspecified atom stereocenters. The average molecular weight is 458 g/mol. The zero-order valence-electron chi connectivity index (χ0n) is 19.2. The summed E-state index contributed by atoms with van der Waals surface area (Å²) in [4.78, 5) is 23.7. The maximum Gasteiger partial charge on any atom is 0.407 e. The number of carbonyl (C=O) groups excluding carboxylic acids is 2. The summed E-state index contributed by atoms with van der Waals surface area (Å²) in [6.07, 6.45) is 4.62. The topological polar surface area (TPSA) is 73.9 Å². The number of rotatable bonds is 9. The van der Waals surface area contributed by atoms with Crippen LogP contribution in [0.3, 0.4) is 0 Å². The van der Waals surface area contributed by atoms with E-state index >= 15 is 0 Å². The monoisotopic (exact) mass is 457 g/mol. The second-order valence-corrected chi connectivity index (χ2v) is 7.90. The normalized spacial score (nSPS) is 12.2. The van der Waals surface area contributed by atoms with Gasteiger partial charge in [0.25, 0.3) is 0 Å². The third-order valence-electron chi connectivity index (χ3n) is 5.94. The molecule has 6 heteroatoms. The molecule has 1 N–H and O–H groups in total. The Balaban J connectivity index is 1.30. The van der Waals surface area contributed by atoms with Crippen molar-refractivity contribution in [1.82, 2.24) is 5.32 Å². The summed E-state index contributed by atoms with van der Waals surface area (Å²) in [5, 5.41) is 2.78. The van der Waals surface area contributed by atoms with Crippen LogP contribution in [-0.2, 0) is 4.74 Å². The first kappa shape index (κ1) is 23.1. The van der Waals surface area contributed by atoms with Crippen LogP contribution in [0.2, 0.25) is 0 Å². The molecule has 0 bridgehead atoms. The largest absolute Gasteiger partial charge is 0.493 e. The third-order valence-corrected chi connectivity index (χ3v) is 5.94. The number of nitrogens with one attached hydrogen (secondary N) is 1. The number of carbonyl (C=O) groups is 2. The summed E-state index contributed by atoms with van der Waals surface area (Å²) in [6.45, 7) is 0.695. The molecule has 0 fully saturated rings. The Labute approximate surface area is 199 Å². The van der Waals surface area contributed by atoms with Crippen molar-refractivity contribution >= 4 is 18.5 Å². The number of aldehydes is 1. The van der Waals surface area contributed by atoms with Crippen molar-refractivity contribution in [2.75, 3.05) is 27.4 Å². The number of fused-ring (bicyclic) bond motifs is 3. The van der Waals surface area contributed by atoms with Gasteiger partial charge in [-0.3, -0.25) is 4.79 Å². The van der Waals surface area contributed by atoms with Crippen LogP contribution in [0.25, 0.3) is 17.2 Å². The first-order chi connectivity index (χ1) is 16.7. The van der Waals surface area contributed by atoms with Crippen molar-refractivity contribution < 1.29 is 23.8 Å². The fraction of sp³-hybridized carbons (Fsp3) is 0.214. The van der Waals surface area contributed by atoms with Crippen LogP contribution in [0, 0.1) is 0 Å². The highest BCUT2D eigenvalue weighted by molar-refractivity contribution is 5.84. The van der Waals surface area contributed by atoms with E-state index in [2.05, 4.69) is 29.6 Å². The van der Waals surface area contributed by atoms with Crippen LogP contribution < -0.4 is 14.8 Å². The summed E-state index contributed by atoms with van der Waals surface area (Å²) >= 11 is 0. The van der Waals surface area contributed by atoms with Crippen LogP contribution in [0.5, 0.6) is 11.5 Å². The van der Waals surface area contributed by atoms with Gasteiger partial charge < -0.3 is 19.5 Å². The van der Waals surface area contributed by atoms with Crippen LogP contribution in [0.4, 0.5) is 4.79 Å². The Morgan fingerprint density at radius 2 is 1.50 bits per heavy atom. The molecule has 0 saturated heterocycles. The highest BCUT2D eigenvalue weighted by Gasteiger charge is 2.28. The summed E-state index contributed by atoms with van der Waals surface area (Å²) in [7, 11) is 3.07. The highest BCUT2D eigenvalue weighted by atomic mass is 16.5. The van der Waals surface area contributed by atoms with Gasteiger partial charge in [-0.1, -0.05) is 60.7 Å². The van der Waals surface area contributed by atoms with E-state index in [0.717, 1.165) is 6.29 Å². The summed E-state index contributed by atoms with van der Waals surface area (Å²) in [5.41, 5.74) is 5.97. The Bertz CT molecular complexity index is 1170. The van der Waals surface area contributed by atoms with E-state index in [4.69, 9.17) is 14.2 Å². The second-order valence-electron chi connectivity index (χ2n) is 7.90. The SMILES string of the molecule is COc1cc(C=O)c(C=CCCNC(=O)OCC2c3ccccc3-c3ccccc32)cc1OC. The number of hydrogen-bond donors (Lipinski definition) is 1. The lowest BCUT2D eigenvalue weighted by Gasteiger charge is -2.14. The predicted octanol–water partition coefficient (Wildman–Crippen LogP) is 5.46. The lowest BCUT2D eigenvalue weighted by molar-refractivity contribution is 0.112. The van der Waals surface area contributed by atoms with E-state index in [-0.39, 0.29) is 12.5 Å². The van der Waals surface area contributed by atoms with Gasteiger partial charge in [0.05, 0.1) is 14.2 Å². The maximum absolute atomic E-state index is 12.3. The van der Waals surface area contributed by atoms with Crippen LogP contribution in [0.15, 0.2) is 66.7 Å². The van der Waals surface area contributed by atoms with Gasteiger partial charge in [-0.25, -0.2) is 4.79 Å². The van der Waals surface area contributed by atoms with Crippen molar-refractivity contribution in [1.29, 1.82) is 0 Å². The van der Waals surface area contributed by atoms with E-state index in [9.17, 15) is 9.59 Å². The number of alkyl carbamates (subject to hydrolysis) is 1. The average Bonchev–Trinajstić information content (AvgIpc) is 3.20. The lowest BCUT2D eigenvalue weighted by atomic mass is 9.98. The fourth-order valence-corrected chi connectivity index (χ4v) is 4.27.